The molecular formula is C14H18N2O. The summed E-state index contributed by atoms with van der Waals surface area (Å²) in [5.74, 6) is 0. The van der Waals surface area contributed by atoms with Crippen molar-refractivity contribution in [2.75, 3.05) is 13.2 Å². The number of rotatable bonds is 5. The summed E-state index contributed by atoms with van der Waals surface area (Å²) in [7, 11) is 0. The number of hydrogen-bond donors (Lipinski definition) is 1. The zero-order chi connectivity index (χ0) is 12.1. The number of nitrogens with zero attached hydrogens (tertiary/aromatic N) is 1. The second kappa shape index (κ2) is 5.75. The fraction of sp³-hybridized carbons (Fsp3) is 0.357. The second-order valence-corrected chi connectivity index (χ2v) is 4.01. The van der Waals surface area contributed by atoms with E-state index in [1.807, 2.05) is 25.1 Å². The Bertz CT molecular complexity index is 479. The lowest BCUT2D eigenvalue weighted by Gasteiger charge is -2.13. The van der Waals surface area contributed by atoms with Crippen LogP contribution in [0.5, 0.6) is 0 Å². The van der Waals surface area contributed by atoms with Gasteiger partial charge in [-0.2, -0.15) is 0 Å². The third-order valence-electron chi connectivity index (χ3n) is 2.84. The van der Waals surface area contributed by atoms with E-state index in [9.17, 15) is 0 Å². The van der Waals surface area contributed by atoms with Gasteiger partial charge in [-0.15, -0.1) is 0 Å². The van der Waals surface area contributed by atoms with Crippen LogP contribution >= 0.6 is 0 Å². The first-order valence-electron chi connectivity index (χ1n) is 6.00. The molecule has 1 unspecified atom stereocenters. The van der Waals surface area contributed by atoms with Crippen LogP contribution in [0.2, 0.25) is 0 Å². The number of ether oxygens (including phenoxy) is 1. The smallest absolute Gasteiger partial charge is 0.0749 e. The van der Waals surface area contributed by atoms with Gasteiger partial charge in [-0.3, -0.25) is 4.98 Å². The molecule has 1 heterocycles. The first-order valence-corrected chi connectivity index (χ1v) is 6.00. The molecule has 0 spiro atoms. The highest BCUT2D eigenvalue weighted by molar-refractivity contribution is 5.81. The van der Waals surface area contributed by atoms with Crippen molar-refractivity contribution in [3.8, 4) is 0 Å². The molecule has 1 aromatic heterocycles. The van der Waals surface area contributed by atoms with Crippen molar-refractivity contribution < 1.29 is 4.74 Å². The van der Waals surface area contributed by atoms with Crippen LogP contribution in [0.1, 0.15) is 24.9 Å². The molecule has 1 aromatic carbocycles. The maximum absolute atomic E-state index is 6.18. The van der Waals surface area contributed by atoms with Crippen LogP contribution in [0.15, 0.2) is 36.5 Å². The molecule has 0 bridgehead atoms. The van der Waals surface area contributed by atoms with Gasteiger partial charge in [-0.1, -0.05) is 24.3 Å². The second-order valence-electron chi connectivity index (χ2n) is 4.01. The van der Waals surface area contributed by atoms with E-state index in [0.717, 1.165) is 29.5 Å². The van der Waals surface area contributed by atoms with Gasteiger partial charge in [-0.25, -0.2) is 0 Å². The molecule has 0 amide bonds. The van der Waals surface area contributed by atoms with Crippen molar-refractivity contribution in [2.45, 2.75) is 19.4 Å². The van der Waals surface area contributed by atoms with Crippen LogP contribution in [0.3, 0.4) is 0 Å². The standard InChI is InChI=1S/C14H18N2O/c1-2-17-10-8-13(15)12-7-3-5-11-6-4-9-16-14(11)12/h3-7,9,13H,2,8,10,15H2,1H3. The largest absolute Gasteiger partial charge is 0.382 e. The molecule has 0 saturated heterocycles. The van der Waals surface area contributed by atoms with Gasteiger partial charge in [0.1, 0.15) is 0 Å². The average molecular weight is 230 g/mol. The van der Waals surface area contributed by atoms with Gasteiger partial charge in [0.15, 0.2) is 0 Å². The molecular weight excluding hydrogens is 212 g/mol. The summed E-state index contributed by atoms with van der Waals surface area (Å²) in [6, 6.07) is 10.1. The Balaban J connectivity index is 2.22. The average Bonchev–Trinajstić information content (AvgIpc) is 2.38. The van der Waals surface area contributed by atoms with Crippen LogP contribution in [0.4, 0.5) is 0 Å². The van der Waals surface area contributed by atoms with Gasteiger partial charge >= 0.3 is 0 Å². The number of para-hydroxylation sites is 1. The number of aromatic nitrogens is 1. The lowest BCUT2D eigenvalue weighted by atomic mass is 10.0. The molecule has 0 fully saturated rings. The Morgan fingerprint density at radius 1 is 1.29 bits per heavy atom. The molecule has 2 rings (SSSR count). The molecule has 1 atom stereocenters. The molecule has 2 N–H and O–H groups in total. The van der Waals surface area contributed by atoms with Crippen molar-refractivity contribution in [3.63, 3.8) is 0 Å². The van der Waals surface area contributed by atoms with Crippen molar-refractivity contribution in [1.82, 2.24) is 4.98 Å². The zero-order valence-electron chi connectivity index (χ0n) is 10.1. The summed E-state index contributed by atoms with van der Waals surface area (Å²) in [4.78, 5) is 4.41. The van der Waals surface area contributed by atoms with Crippen molar-refractivity contribution >= 4 is 10.9 Å². The summed E-state index contributed by atoms with van der Waals surface area (Å²) in [6.45, 7) is 3.42. The number of pyridine rings is 1. The van der Waals surface area contributed by atoms with E-state index in [0.29, 0.717) is 6.61 Å². The van der Waals surface area contributed by atoms with E-state index in [1.165, 1.54) is 0 Å². The summed E-state index contributed by atoms with van der Waals surface area (Å²) in [6.07, 6.45) is 2.63. The van der Waals surface area contributed by atoms with E-state index in [-0.39, 0.29) is 6.04 Å². The topological polar surface area (TPSA) is 48.1 Å². The molecule has 0 radical (unpaired) electrons. The fourth-order valence-corrected chi connectivity index (χ4v) is 1.94. The number of benzene rings is 1. The van der Waals surface area contributed by atoms with E-state index >= 15 is 0 Å². The van der Waals surface area contributed by atoms with E-state index in [1.54, 1.807) is 6.20 Å². The monoisotopic (exact) mass is 230 g/mol. The van der Waals surface area contributed by atoms with Crippen LogP contribution in [0, 0.1) is 0 Å². The lowest BCUT2D eigenvalue weighted by molar-refractivity contribution is 0.140. The van der Waals surface area contributed by atoms with Gasteiger partial charge in [0.25, 0.3) is 0 Å². The summed E-state index contributed by atoms with van der Waals surface area (Å²) >= 11 is 0. The van der Waals surface area contributed by atoms with Gasteiger partial charge < -0.3 is 10.5 Å². The third kappa shape index (κ3) is 2.81. The highest BCUT2D eigenvalue weighted by Crippen LogP contribution is 2.22. The summed E-state index contributed by atoms with van der Waals surface area (Å²) < 4.78 is 5.34. The maximum atomic E-state index is 6.18. The first-order chi connectivity index (χ1) is 8.33. The molecule has 2 aromatic rings. The van der Waals surface area contributed by atoms with Gasteiger partial charge in [0.2, 0.25) is 0 Å². The third-order valence-corrected chi connectivity index (χ3v) is 2.84. The molecule has 3 heteroatoms. The Morgan fingerprint density at radius 3 is 2.94 bits per heavy atom. The van der Waals surface area contributed by atoms with Crippen LogP contribution in [0.25, 0.3) is 10.9 Å². The minimum Gasteiger partial charge on any atom is -0.382 e. The Labute approximate surface area is 102 Å². The Morgan fingerprint density at radius 2 is 2.12 bits per heavy atom. The maximum Gasteiger partial charge on any atom is 0.0749 e. The molecule has 0 saturated carbocycles. The minimum absolute atomic E-state index is 0.0138. The van der Waals surface area contributed by atoms with Crippen molar-refractivity contribution in [2.24, 2.45) is 5.73 Å². The van der Waals surface area contributed by atoms with E-state index in [4.69, 9.17) is 10.5 Å². The van der Waals surface area contributed by atoms with Gasteiger partial charge in [-0.05, 0) is 25.0 Å². The summed E-state index contributed by atoms with van der Waals surface area (Å²) in [5, 5.41) is 1.14. The Hall–Kier alpha value is -1.45. The van der Waals surface area contributed by atoms with Gasteiger partial charge in [0, 0.05) is 30.8 Å². The number of fused-ring (bicyclic) bond motifs is 1. The van der Waals surface area contributed by atoms with Crippen LogP contribution in [-0.2, 0) is 4.74 Å². The first kappa shape index (κ1) is 12.0. The predicted octanol–water partition coefficient (Wildman–Crippen LogP) is 2.66. The predicted molar refractivity (Wildman–Crippen MR) is 69.8 cm³/mol. The fourth-order valence-electron chi connectivity index (χ4n) is 1.94. The number of nitrogens with two attached hydrogens (primary N) is 1. The molecule has 3 nitrogen and oxygen atoms in total. The zero-order valence-corrected chi connectivity index (χ0v) is 10.1. The van der Waals surface area contributed by atoms with Crippen molar-refractivity contribution in [1.29, 1.82) is 0 Å². The molecule has 17 heavy (non-hydrogen) atoms. The normalized spacial score (nSPS) is 12.8. The molecule has 0 aliphatic carbocycles. The van der Waals surface area contributed by atoms with E-state index < -0.39 is 0 Å². The highest BCUT2D eigenvalue weighted by Gasteiger charge is 2.10. The minimum atomic E-state index is -0.0138. The summed E-state index contributed by atoms with van der Waals surface area (Å²) in [5.41, 5.74) is 8.28. The SMILES string of the molecule is CCOCCC(N)c1cccc2cccnc12. The molecule has 0 aliphatic rings. The number of hydrogen-bond acceptors (Lipinski definition) is 3. The van der Waals surface area contributed by atoms with Crippen molar-refractivity contribution in [3.05, 3.63) is 42.1 Å². The Kier molecular flexibility index (Phi) is 4.07. The van der Waals surface area contributed by atoms with Crippen LogP contribution in [-0.4, -0.2) is 18.2 Å². The lowest BCUT2D eigenvalue weighted by Crippen LogP contribution is -2.14. The van der Waals surface area contributed by atoms with Crippen LogP contribution < -0.4 is 5.73 Å². The molecule has 0 aliphatic heterocycles. The van der Waals surface area contributed by atoms with E-state index in [2.05, 4.69) is 17.1 Å². The highest BCUT2D eigenvalue weighted by atomic mass is 16.5. The molecule has 90 valence electrons. The van der Waals surface area contributed by atoms with Gasteiger partial charge in [0.05, 0.1) is 5.52 Å². The quantitative estimate of drug-likeness (QED) is 0.803.